The molecule has 0 radical (unpaired) electrons. The Kier molecular flexibility index (Phi) is 4.89. The summed E-state index contributed by atoms with van der Waals surface area (Å²) in [5.41, 5.74) is 1.38. The molecule has 2 aromatic rings. The Morgan fingerprint density at radius 2 is 1.43 bits per heavy atom. The van der Waals surface area contributed by atoms with Gasteiger partial charge in [0.2, 0.25) is 0 Å². The van der Waals surface area contributed by atoms with Gasteiger partial charge >= 0.3 is 0 Å². The van der Waals surface area contributed by atoms with Gasteiger partial charge in [0.25, 0.3) is 11.6 Å². The van der Waals surface area contributed by atoms with Gasteiger partial charge in [0.05, 0.1) is 0 Å². The Morgan fingerprint density at radius 3 is 1.95 bits per heavy atom. The Labute approximate surface area is 124 Å². The maximum absolute atomic E-state index is 12.5. The third kappa shape index (κ3) is 3.19. The number of benzene rings is 2. The van der Waals surface area contributed by atoms with Gasteiger partial charge in [-0.25, -0.2) is 0 Å². The number of Topliss-reactive ketones (excluding diaryl/α,β-unsaturated/α-hetero) is 1. The van der Waals surface area contributed by atoms with E-state index in [1.165, 1.54) is 14.2 Å². The van der Waals surface area contributed by atoms with Crippen molar-refractivity contribution in [2.45, 2.75) is 5.79 Å². The van der Waals surface area contributed by atoms with Gasteiger partial charge in [-0.3, -0.25) is 4.79 Å². The highest BCUT2D eigenvalue weighted by Gasteiger charge is 2.39. The van der Waals surface area contributed by atoms with Crippen LogP contribution in [0.3, 0.4) is 0 Å². The number of ether oxygens (including phenoxy) is 2. The zero-order valence-corrected chi connectivity index (χ0v) is 12.0. The minimum absolute atomic E-state index is 0.442. The molecule has 0 fully saturated rings. The van der Waals surface area contributed by atoms with Crippen molar-refractivity contribution in [3.8, 4) is 11.8 Å². The maximum Gasteiger partial charge on any atom is 0.270 e. The van der Waals surface area contributed by atoms with Crippen molar-refractivity contribution >= 4 is 5.78 Å². The Bertz CT molecular complexity index is 647. The normalized spacial score (nSPS) is 10.6. The summed E-state index contributed by atoms with van der Waals surface area (Å²) in [6, 6.07) is 18.3. The fraction of sp³-hybridized carbons (Fsp3) is 0.167. The van der Waals surface area contributed by atoms with E-state index >= 15 is 0 Å². The van der Waals surface area contributed by atoms with Crippen molar-refractivity contribution in [3.05, 3.63) is 71.8 Å². The molecule has 106 valence electrons. The molecular formula is C18H16O3. The lowest BCUT2D eigenvalue weighted by Crippen LogP contribution is -2.39. The molecule has 0 saturated carbocycles. The second-order valence-electron chi connectivity index (χ2n) is 4.34. The summed E-state index contributed by atoms with van der Waals surface area (Å²) < 4.78 is 10.7. The topological polar surface area (TPSA) is 35.5 Å². The first-order chi connectivity index (χ1) is 10.2. The number of rotatable bonds is 4. The van der Waals surface area contributed by atoms with Crippen molar-refractivity contribution in [1.29, 1.82) is 0 Å². The van der Waals surface area contributed by atoms with Crippen LogP contribution >= 0.6 is 0 Å². The highest BCUT2D eigenvalue weighted by atomic mass is 16.7. The van der Waals surface area contributed by atoms with Crippen LogP contribution in [-0.4, -0.2) is 20.0 Å². The molecule has 0 unspecified atom stereocenters. The maximum atomic E-state index is 12.5. The van der Waals surface area contributed by atoms with Crippen molar-refractivity contribution in [1.82, 2.24) is 0 Å². The Balaban J connectivity index is 2.36. The summed E-state index contributed by atoms with van der Waals surface area (Å²) in [6.07, 6.45) is 0. The van der Waals surface area contributed by atoms with E-state index in [-0.39, 0.29) is 0 Å². The molecule has 2 rings (SSSR count). The SMILES string of the molecule is COC(OC)(C(=O)C#Cc1ccccc1)c1ccccc1. The molecule has 2 aromatic carbocycles. The van der Waals surface area contributed by atoms with Gasteiger partial charge in [0, 0.05) is 25.3 Å². The summed E-state index contributed by atoms with van der Waals surface area (Å²) >= 11 is 0. The molecule has 0 aliphatic heterocycles. The minimum atomic E-state index is -1.50. The fourth-order valence-electron chi connectivity index (χ4n) is 2.03. The molecule has 0 aliphatic rings. The molecule has 0 N–H and O–H groups in total. The third-order valence-electron chi connectivity index (χ3n) is 3.12. The highest BCUT2D eigenvalue weighted by molar-refractivity contribution is 6.02. The number of carbonyl (C=O) groups is 1. The van der Waals surface area contributed by atoms with E-state index < -0.39 is 11.6 Å². The zero-order chi connectivity index (χ0) is 15.1. The second-order valence-corrected chi connectivity index (χ2v) is 4.34. The fourth-order valence-corrected chi connectivity index (χ4v) is 2.03. The van der Waals surface area contributed by atoms with Crippen molar-refractivity contribution in [3.63, 3.8) is 0 Å². The van der Waals surface area contributed by atoms with Gasteiger partial charge in [-0.2, -0.15) is 0 Å². The summed E-state index contributed by atoms with van der Waals surface area (Å²) in [6.45, 7) is 0. The van der Waals surface area contributed by atoms with Crippen LogP contribution < -0.4 is 0 Å². The summed E-state index contributed by atoms with van der Waals surface area (Å²) in [7, 11) is 2.86. The predicted octanol–water partition coefficient (Wildman–Crippen LogP) is 2.75. The first-order valence-corrected chi connectivity index (χ1v) is 6.50. The van der Waals surface area contributed by atoms with Crippen LogP contribution in [0.2, 0.25) is 0 Å². The lowest BCUT2D eigenvalue weighted by atomic mass is 10.0. The van der Waals surface area contributed by atoms with E-state index in [0.717, 1.165) is 5.56 Å². The largest absolute Gasteiger partial charge is 0.343 e. The first-order valence-electron chi connectivity index (χ1n) is 6.50. The molecule has 0 aromatic heterocycles. The smallest absolute Gasteiger partial charge is 0.270 e. The molecular weight excluding hydrogens is 264 g/mol. The molecule has 3 heteroatoms. The standard InChI is InChI=1S/C18H16O3/c1-20-18(21-2,16-11-7-4-8-12-16)17(19)14-13-15-9-5-3-6-10-15/h3-12H,1-2H3. The molecule has 0 saturated heterocycles. The second kappa shape index (κ2) is 6.85. The van der Waals surface area contributed by atoms with Crippen LogP contribution in [0.25, 0.3) is 0 Å². The van der Waals surface area contributed by atoms with Crippen molar-refractivity contribution in [2.75, 3.05) is 14.2 Å². The number of hydrogen-bond donors (Lipinski definition) is 0. The predicted molar refractivity (Wildman–Crippen MR) is 80.5 cm³/mol. The highest BCUT2D eigenvalue weighted by Crippen LogP contribution is 2.26. The molecule has 0 heterocycles. The van der Waals surface area contributed by atoms with E-state index in [1.807, 2.05) is 48.5 Å². The van der Waals surface area contributed by atoms with Gasteiger partial charge < -0.3 is 9.47 Å². The lowest BCUT2D eigenvalue weighted by molar-refractivity contribution is -0.208. The molecule has 0 aliphatic carbocycles. The lowest BCUT2D eigenvalue weighted by Gasteiger charge is -2.27. The summed E-state index contributed by atoms with van der Waals surface area (Å²) in [5, 5.41) is 0. The molecule has 0 amide bonds. The summed E-state index contributed by atoms with van der Waals surface area (Å²) in [4.78, 5) is 12.5. The van der Waals surface area contributed by atoms with Crippen molar-refractivity contribution in [2.24, 2.45) is 0 Å². The average molecular weight is 280 g/mol. The van der Waals surface area contributed by atoms with Gasteiger partial charge in [-0.15, -0.1) is 0 Å². The van der Waals surface area contributed by atoms with E-state index in [0.29, 0.717) is 5.56 Å². The van der Waals surface area contributed by atoms with Gasteiger partial charge in [-0.05, 0) is 18.1 Å². The minimum Gasteiger partial charge on any atom is -0.343 e. The Hall–Kier alpha value is -2.41. The van der Waals surface area contributed by atoms with E-state index in [9.17, 15) is 4.79 Å². The molecule has 0 bridgehead atoms. The van der Waals surface area contributed by atoms with Gasteiger partial charge in [0.1, 0.15) is 0 Å². The van der Waals surface area contributed by atoms with E-state index in [4.69, 9.17) is 9.47 Å². The van der Waals surface area contributed by atoms with Gasteiger partial charge in [-0.1, -0.05) is 54.5 Å². The van der Waals surface area contributed by atoms with Crippen LogP contribution in [0, 0.1) is 11.8 Å². The van der Waals surface area contributed by atoms with E-state index in [1.54, 1.807) is 12.1 Å². The van der Waals surface area contributed by atoms with Crippen molar-refractivity contribution < 1.29 is 14.3 Å². The number of ketones is 1. The quantitative estimate of drug-likeness (QED) is 0.638. The molecule has 0 atom stereocenters. The van der Waals surface area contributed by atoms with Crippen LogP contribution in [0.15, 0.2) is 60.7 Å². The third-order valence-corrected chi connectivity index (χ3v) is 3.12. The average Bonchev–Trinajstić information content (AvgIpc) is 2.56. The zero-order valence-electron chi connectivity index (χ0n) is 12.0. The number of hydrogen-bond acceptors (Lipinski definition) is 3. The van der Waals surface area contributed by atoms with Crippen LogP contribution in [0.4, 0.5) is 0 Å². The molecule has 0 spiro atoms. The Morgan fingerprint density at radius 1 is 0.905 bits per heavy atom. The van der Waals surface area contributed by atoms with Gasteiger partial charge in [0.15, 0.2) is 0 Å². The number of carbonyl (C=O) groups excluding carboxylic acids is 1. The molecule has 21 heavy (non-hydrogen) atoms. The van der Waals surface area contributed by atoms with Crippen LogP contribution in [0.1, 0.15) is 11.1 Å². The van der Waals surface area contributed by atoms with Crippen LogP contribution in [0.5, 0.6) is 0 Å². The summed E-state index contributed by atoms with van der Waals surface area (Å²) in [5.74, 6) is 3.49. The first kappa shape index (κ1) is 15.0. The van der Waals surface area contributed by atoms with E-state index in [2.05, 4.69) is 11.8 Å². The number of methoxy groups -OCH3 is 2. The molecule has 3 nitrogen and oxygen atoms in total. The monoisotopic (exact) mass is 280 g/mol. The van der Waals surface area contributed by atoms with Crippen LogP contribution in [-0.2, 0) is 20.1 Å².